The predicted molar refractivity (Wildman–Crippen MR) is 70.2 cm³/mol. The molecule has 0 aliphatic carbocycles. The maximum atomic E-state index is 11.9. The minimum atomic E-state index is -3.51. The fourth-order valence-electron chi connectivity index (χ4n) is 1.94. The fourth-order valence-corrected chi connectivity index (χ4v) is 3.26. The summed E-state index contributed by atoms with van der Waals surface area (Å²) in [6.45, 7) is 5.44. The number of carbonyl (C=O) groups excluding carboxylic acids is 1. The summed E-state index contributed by atoms with van der Waals surface area (Å²) in [4.78, 5) is 11.3. The first-order chi connectivity index (χ1) is 8.45. The molecule has 1 amide bonds. The molecular weight excluding hydrogens is 254 g/mol. The second-order valence-corrected chi connectivity index (χ2v) is 6.54. The summed E-state index contributed by atoms with van der Waals surface area (Å²) in [5.41, 5.74) is 0. The Labute approximate surface area is 109 Å². The highest BCUT2D eigenvalue weighted by Gasteiger charge is 2.26. The number of rotatable bonds is 6. The summed E-state index contributed by atoms with van der Waals surface area (Å²) < 4.78 is 27.7. The van der Waals surface area contributed by atoms with Gasteiger partial charge in [-0.25, -0.2) is 0 Å². The molecule has 0 unspecified atom stereocenters. The molecule has 1 aliphatic heterocycles. The maximum Gasteiger partial charge on any atom is 0.279 e. The molecule has 1 aliphatic rings. The molecule has 2 N–H and O–H groups in total. The van der Waals surface area contributed by atoms with E-state index in [9.17, 15) is 13.2 Å². The first kappa shape index (κ1) is 15.4. The van der Waals surface area contributed by atoms with Crippen LogP contribution in [0.15, 0.2) is 0 Å². The Morgan fingerprint density at radius 3 is 2.78 bits per heavy atom. The second kappa shape index (κ2) is 7.06. The van der Waals surface area contributed by atoms with Gasteiger partial charge in [0.1, 0.15) is 0 Å². The smallest absolute Gasteiger partial charge is 0.279 e. The molecule has 1 rings (SSSR count). The third-order valence-corrected chi connectivity index (χ3v) is 4.47. The number of hydrogen-bond acceptors (Lipinski definition) is 3. The number of carbonyl (C=O) groups is 1. The largest absolute Gasteiger partial charge is 0.355 e. The lowest BCUT2D eigenvalue weighted by Gasteiger charge is -2.29. The highest BCUT2D eigenvalue weighted by atomic mass is 32.2. The number of nitrogens with one attached hydrogen (secondary N) is 2. The van der Waals surface area contributed by atoms with E-state index >= 15 is 0 Å². The number of amides is 1. The van der Waals surface area contributed by atoms with Crippen LogP contribution in [0.4, 0.5) is 0 Å². The van der Waals surface area contributed by atoms with Crippen molar-refractivity contribution in [2.45, 2.75) is 33.1 Å². The summed E-state index contributed by atoms with van der Waals surface area (Å²) in [7, 11) is -3.51. The monoisotopic (exact) mass is 277 g/mol. The van der Waals surface area contributed by atoms with Crippen molar-refractivity contribution in [2.24, 2.45) is 5.92 Å². The van der Waals surface area contributed by atoms with E-state index in [1.165, 1.54) is 4.31 Å². The lowest BCUT2D eigenvalue weighted by Crippen LogP contribution is -2.48. The molecule has 0 aromatic carbocycles. The van der Waals surface area contributed by atoms with Gasteiger partial charge in [0.15, 0.2) is 0 Å². The third kappa shape index (κ3) is 4.91. The Hall–Kier alpha value is -0.660. The molecule has 1 heterocycles. The van der Waals surface area contributed by atoms with Crippen molar-refractivity contribution in [3.63, 3.8) is 0 Å². The van der Waals surface area contributed by atoms with E-state index in [4.69, 9.17) is 0 Å². The summed E-state index contributed by atoms with van der Waals surface area (Å²) in [5, 5.41) is 2.63. The van der Waals surface area contributed by atoms with Crippen molar-refractivity contribution < 1.29 is 13.2 Å². The van der Waals surface area contributed by atoms with E-state index in [-0.39, 0.29) is 12.5 Å². The minimum absolute atomic E-state index is 0.187. The van der Waals surface area contributed by atoms with Gasteiger partial charge >= 0.3 is 0 Å². The third-order valence-electron chi connectivity index (χ3n) is 2.95. The van der Waals surface area contributed by atoms with Crippen LogP contribution >= 0.6 is 0 Å². The van der Waals surface area contributed by atoms with Gasteiger partial charge in [0, 0.05) is 19.6 Å². The number of nitrogens with zero attached hydrogens (tertiary/aromatic N) is 1. The zero-order valence-corrected chi connectivity index (χ0v) is 11.9. The van der Waals surface area contributed by atoms with E-state index in [1.54, 1.807) is 0 Å². The molecule has 0 aromatic rings. The minimum Gasteiger partial charge on any atom is -0.355 e. The first-order valence-corrected chi connectivity index (χ1v) is 7.91. The van der Waals surface area contributed by atoms with Gasteiger partial charge in [0.05, 0.1) is 6.54 Å². The molecular formula is C11H23N3O3S. The highest BCUT2D eigenvalue weighted by molar-refractivity contribution is 7.87. The Balaban J connectivity index is 2.41. The van der Waals surface area contributed by atoms with Gasteiger partial charge in [-0.2, -0.15) is 17.4 Å². The van der Waals surface area contributed by atoms with Crippen LogP contribution in [0.1, 0.15) is 33.1 Å². The molecule has 106 valence electrons. The average Bonchev–Trinajstić information content (AvgIpc) is 2.34. The quantitative estimate of drug-likeness (QED) is 0.721. The van der Waals surface area contributed by atoms with Crippen molar-refractivity contribution in [3.8, 4) is 0 Å². The van der Waals surface area contributed by atoms with Crippen LogP contribution in [-0.4, -0.2) is 44.8 Å². The molecule has 7 heteroatoms. The van der Waals surface area contributed by atoms with Crippen molar-refractivity contribution >= 4 is 16.1 Å². The van der Waals surface area contributed by atoms with Crippen LogP contribution in [0.25, 0.3) is 0 Å². The van der Waals surface area contributed by atoms with Gasteiger partial charge in [0.25, 0.3) is 10.2 Å². The molecule has 6 nitrogen and oxygen atoms in total. The SMILES string of the molecule is CCCNC(=O)CNS(=O)(=O)N1CCC[C@@H](C)C1. The molecule has 1 saturated heterocycles. The van der Waals surface area contributed by atoms with Gasteiger partial charge in [0.2, 0.25) is 5.91 Å². The molecule has 0 radical (unpaired) electrons. The Morgan fingerprint density at radius 2 is 2.17 bits per heavy atom. The van der Waals surface area contributed by atoms with Crippen molar-refractivity contribution in [2.75, 3.05) is 26.2 Å². The molecule has 0 aromatic heterocycles. The van der Waals surface area contributed by atoms with Crippen molar-refractivity contribution in [1.29, 1.82) is 0 Å². The van der Waals surface area contributed by atoms with Gasteiger partial charge in [-0.05, 0) is 25.2 Å². The molecule has 1 atom stereocenters. The van der Waals surface area contributed by atoms with Crippen molar-refractivity contribution in [1.82, 2.24) is 14.3 Å². The van der Waals surface area contributed by atoms with Crippen LogP contribution in [0.3, 0.4) is 0 Å². The zero-order valence-electron chi connectivity index (χ0n) is 11.1. The zero-order chi connectivity index (χ0) is 13.6. The summed E-state index contributed by atoms with van der Waals surface area (Å²) in [6.07, 6.45) is 2.77. The van der Waals surface area contributed by atoms with E-state index in [0.717, 1.165) is 19.3 Å². The Kier molecular flexibility index (Phi) is 6.04. The van der Waals surface area contributed by atoms with E-state index in [1.807, 2.05) is 13.8 Å². The van der Waals surface area contributed by atoms with Gasteiger partial charge < -0.3 is 5.32 Å². The fraction of sp³-hybridized carbons (Fsp3) is 0.909. The lowest BCUT2D eigenvalue weighted by atomic mass is 10.0. The molecule has 18 heavy (non-hydrogen) atoms. The summed E-state index contributed by atoms with van der Waals surface area (Å²) >= 11 is 0. The van der Waals surface area contributed by atoms with E-state index in [2.05, 4.69) is 10.0 Å². The predicted octanol–water partition coefficient (Wildman–Crippen LogP) is 0.0789. The topological polar surface area (TPSA) is 78.5 Å². The Morgan fingerprint density at radius 1 is 1.44 bits per heavy atom. The van der Waals surface area contributed by atoms with Crippen LogP contribution in [-0.2, 0) is 15.0 Å². The lowest BCUT2D eigenvalue weighted by molar-refractivity contribution is -0.119. The van der Waals surface area contributed by atoms with Gasteiger partial charge in [-0.3, -0.25) is 4.79 Å². The van der Waals surface area contributed by atoms with E-state index in [0.29, 0.717) is 25.6 Å². The van der Waals surface area contributed by atoms with Gasteiger partial charge in [-0.15, -0.1) is 0 Å². The molecule has 0 saturated carbocycles. The highest BCUT2D eigenvalue weighted by Crippen LogP contribution is 2.17. The van der Waals surface area contributed by atoms with Crippen LogP contribution in [0, 0.1) is 5.92 Å². The number of piperidine rings is 1. The molecule has 0 spiro atoms. The second-order valence-electron chi connectivity index (χ2n) is 4.78. The van der Waals surface area contributed by atoms with Crippen LogP contribution in [0.5, 0.6) is 0 Å². The normalized spacial score (nSPS) is 21.8. The molecule has 0 bridgehead atoms. The van der Waals surface area contributed by atoms with Crippen LogP contribution in [0.2, 0.25) is 0 Å². The average molecular weight is 277 g/mol. The van der Waals surface area contributed by atoms with Crippen molar-refractivity contribution in [3.05, 3.63) is 0 Å². The van der Waals surface area contributed by atoms with Gasteiger partial charge in [-0.1, -0.05) is 13.8 Å². The summed E-state index contributed by atoms with van der Waals surface area (Å²) in [6, 6.07) is 0. The summed E-state index contributed by atoms with van der Waals surface area (Å²) in [5.74, 6) is 0.0923. The molecule has 1 fully saturated rings. The standard InChI is InChI=1S/C11H23N3O3S/c1-3-6-12-11(15)8-13-18(16,17)14-7-4-5-10(2)9-14/h10,13H,3-9H2,1-2H3,(H,12,15)/t10-/m1/s1. The first-order valence-electron chi connectivity index (χ1n) is 6.47. The Bertz CT molecular complexity index is 370. The maximum absolute atomic E-state index is 11.9. The van der Waals surface area contributed by atoms with E-state index < -0.39 is 10.2 Å². The van der Waals surface area contributed by atoms with Crippen LogP contribution < -0.4 is 10.0 Å². The number of hydrogen-bond donors (Lipinski definition) is 2.